The third kappa shape index (κ3) is 2.47. The van der Waals surface area contributed by atoms with Crippen molar-refractivity contribution in [1.82, 2.24) is 29.9 Å². The number of hydrogen-bond donors (Lipinski definition) is 1. The predicted octanol–water partition coefficient (Wildman–Crippen LogP) is 2.85. The molecular formula is C15H11F3N6. The van der Waals surface area contributed by atoms with Crippen LogP contribution in [-0.4, -0.2) is 29.9 Å². The van der Waals surface area contributed by atoms with Gasteiger partial charge in [-0.3, -0.25) is 9.67 Å². The molecule has 3 aromatic heterocycles. The van der Waals surface area contributed by atoms with Gasteiger partial charge in [0.05, 0.1) is 34.9 Å². The van der Waals surface area contributed by atoms with Gasteiger partial charge in [0, 0.05) is 18.6 Å². The van der Waals surface area contributed by atoms with Crippen molar-refractivity contribution in [2.24, 2.45) is 7.05 Å². The quantitative estimate of drug-likeness (QED) is 0.613. The Balaban J connectivity index is 1.84. The van der Waals surface area contributed by atoms with Crippen molar-refractivity contribution in [2.45, 2.75) is 12.6 Å². The van der Waals surface area contributed by atoms with Crippen molar-refractivity contribution in [1.29, 1.82) is 0 Å². The Kier molecular flexibility index (Phi) is 3.05. The Labute approximate surface area is 133 Å². The van der Waals surface area contributed by atoms with E-state index in [0.717, 1.165) is 12.1 Å². The average molecular weight is 332 g/mol. The second kappa shape index (κ2) is 5.02. The van der Waals surface area contributed by atoms with Gasteiger partial charge in [0.15, 0.2) is 0 Å². The summed E-state index contributed by atoms with van der Waals surface area (Å²) in [6.07, 6.45) is -0.700. The average Bonchev–Trinajstić information content (AvgIpc) is 3.12. The lowest BCUT2D eigenvalue weighted by atomic mass is 10.1. The summed E-state index contributed by atoms with van der Waals surface area (Å²) >= 11 is 0. The van der Waals surface area contributed by atoms with Crippen molar-refractivity contribution in [3.05, 3.63) is 47.7 Å². The first-order valence-electron chi connectivity index (χ1n) is 7.10. The number of aryl methyl sites for hydroxylation is 1. The summed E-state index contributed by atoms with van der Waals surface area (Å²) in [5, 5.41) is 8.21. The number of pyridine rings is 1. The molecule has 1 aromatic carbocycles. The van der Waals surface area contributed by atoms with Gasteiger partial charge in [-0.1, -0.05) is 5.21 Å². The van der Waals surface area contributed by atoms with Crippen LogP contribution >= 0.6 is 0 Å². The molecule has 0 radical (unpaired) electrons. The van der Waals surface area contributed by atoms with Crippen LogP contribution in [0.25, 0.3) is 21.9 Å². The lowest BCUT2D eigenvalue weighted by molar-refractivity contribution is -0.137. The molecule has 0 aliphatic rings. The molecule has 6 nitrogen and oxygen atoms in total. The number of nitrogens with zero attached hydrogens (tertiary/aromatic N) is 5. The molecule has 0 amide bonds. The Bertz CT molecular complexity index is 1050. The zero-order chi connectivity index (χ0) is 16.9. The van der Waals surface area contributed by atoms with E-state index in [-0.39, 0.29) is 0 Å². The Morgan fingerprint density at radius 2 is 2.04 bits per heavy atom. The fourth-order valence-corrected chi connectivity index (χ4v) is 2.62. The molecule has 4 aromatic rings. The third-order valence-corrected chi connectivity index (χ3v) is 3.70. The first-order chi connectivity index (χ1) is 11.4. The number of hydrogen-bond acceptors (Lipinski definition) is 4. The van der Waals surface area contributed by atoms with E-state index in [9.17, 15) is 13.2 Å². The first-order valence-corrected chi connectivity index (χ1v) is 7.10. The maximum absolute atomic E-state index is 12.9. The molecule has 0 atom stereocenters. The van der Waals surface area contributed by atoms with Crippen LogP contribution in [-0.2, 0) is 19.6 Å². The van der Waals surface area contributed by atoms with E-state index in [1.54, 1.807) is 24.1 Å². The van der Waals surface area contributed by atoms with E-state index in [4.69, 9.17) is 0 Å². The van der Waals surface area contributed by atoms with Crippen LogP contribution < -0.4 is 0 Å². The van der Waals surface area contributed by atoms with Gasteiger partial charge in [-0.25, -0.2) is 4.98 Å². The molecule has 0 saturated heterocycles. The van der Waals surface area contributed by atoms with Crippen LogP contribution in [0.4, 0.5) is 13.2 Å². The lowest BCUT2D eigenvalue weighted by Gasteiger charge is -2.07. The van der Waals surface area contributed by atoms with Gasteiger partial charge >= 0.3 is 6.18 Å². The number of nitrogens with one attached hydrogen (secondary N) is 1. The first kappa shape index (κ1) is 14.6. The number of aromatic amines is 1. The summed E-state index contributed by atoms with van der Waals surface area (Å²) in [6, 6.07) is 3.48. The van der Waals surface area contributed by atoms with Crippen LogP contribution in [0.3, 0.4) is 0 Å². The highest BCUT2D eigenvalue weighted by Gasteiger charge is 2.30. The lowest BCUT2D eigenvalue weighted by Crippen LogP contribution is -2.04. The summed E-state index contributed by atoms with van der Waals surface area (Å²) in [5.74, 6) is 0.595. The largest absolute Gasteiger partial charge is 0.416 e. The van der Waals surface area contributed by atoms with Crippen molar-refractivity contribution < 1.29 is 13.2 Å². The highest BCUT2D eigenvalue weighted by atomic mass is 19.4. The zero-order valence-corrected chi connectivity index (χ0v) is 12.5. The highest BCUT2D eigenvalue weighted by molar-refractivity contribution is 6.02. The molecule has 0 fully saturated rings. The smallest absolute Gasteiger partial charge is 0.341 e. The number of halogens is 3. The molecule has 0 unspecified atom stereocenters. The summed E-state index contributed by atoms with van der Waals surface area (Å²) in [7, 11) is 1.76. The Hall–Kier alpha value is -2.97. The van der Waals surface area contributed by atoms with Crippen molar-refractivity contribution >= 4 is 21.9 Å². The number of alkyl halides is 3. The van der Waals surface area contributed by atoms with Gasteiger partial charge < -0.3 is 4.98 Å². The molecule has 0 spiro atoms. The molecule has 0 aliphatic carbocycles. The molecule has 0 aliphatic heterocycles. The second-order valence-corrected chi connectivity index (χ2v) is 5.49. The van der Waals surface area contributed by atoms with Crippen LogP contribution in [0.5, 0.6) is 0 Å². The molecule has 3 heterocycles. The fraction of sp³-hybridized carbons (Fsp3) is 0.200. The minimum absolute atomic E-state index is 0.389. The molecular weight excluding hydrogens is 321 g/mol. The van der Waals surface area contributed by atoms with Gasteiger partial charge in [0.1, 0.15) is 11.3 Å². The Morgan fingerprint density at radius 1 is 1.21 bits per heavy atom. The van der Waals surface area contributed by atoms with Gasteiger partial charge in [-0.2, -0.15) is 13.2 Å². The summed E-state index contributed by atoms with van der Waals surface area (Å²) in [5.41, 5.74) is 1.52. The minimum atomic E-state index is -4.40. The van der Waals surface area contributed by atoms with Gasteiger partial charge in [-0.15, -0.1) is 5.10 Å². The van der Waals surface area contributed by atoms with E-state index >= 15 is 0 Å². The second-order valence-electron chi connectivity index (χ2n) is 5.49. The SMILES string of the molecule is Cn1cc(Cc2nc3cnc4ccc(C(F)(F)F)cc4c3[nH]2)nn1. The van der Waals surface area contributed by atoms with Gasteiger partial charge in [0.25, 0.3) is 0 Å². The molecule has 9 heteroatoms. The highest BCUT2D eigenvalue weighted by Crippen LogP contribution is 2.32. The Morgan fingerprint density at radius 3 is 2.75 bits per heavy atom. The molecule has 0 bridgehead atoms. The van der Waals surface area contributed by atoms with E-state index in [0.29, 0.717) is 39.9 Å². The van der Waals surface area contributed by atoms with Crippen LogP contribution in [0, 0.1) is 0 Å². The maximum Gasteiger partial charge on any atom is 0.416 e. The van der Waals surface area contributed by atoms with E-state index in [1.807, 2.05) is 0 Å². The summed E-state index contributed by atoms with van der Waals surface area (Å²) < 4.78 is 40.4. The summed E-state index contributed by atoms with van der Waals surface area (Å²) in [6.45, 7) is 0. The molecule has 0 saturated carbocycles. The van der Waals surface area contributed by atoms with E-state index < -0.39 is 11.7 Å². The van der Waals surface area contributed by atoms with Crippen LogP contribution in [0.15, 0.2) is 30.6 Å². The fourth-order valence-electron chi connectivity index (χ4n) is 2.62. The normalized spacial score (nSPS) is 12.3. The van der Waals surface area contributed by atoms with Crippen LogP contribution in [0.1, 0.15) is 17.1 Å². The topological polar surface area (TPSA) is 72.3 Å². The molecule has 1 N–H and O–H groups in total. The van der Waals surface area contributed by atoms with Gasteiger partial charge in [0.2, 0.25) is 0 Å². The monoisotopic (exact) mass is 332 g/mol. The molecule has 122 valence electrons. The number of rotatable bonds is 2. The minimum Gasteiger partial charge on any atom is -0.341 e. The number of imidazole rings is 1. The number of aromatic nitrogens is 6. The van der Waals surface area contributed by atoms with Crippen molar-refractivity contribution in [3.8, 4) is 0 Å². The van der Waals surface area contributed by atoms with Crippen molar-refractivity contribution in [2.75, 3.05) is 0 Å². The molecule has 4 rings (SSSR count). The number of fused-ring (bicyclic) bond motifs is 3. The van der Waals surface area contributed by atoms with Gasteiger partial charge in [-0.05, 0) is 18.2 Å². The maximum atomic E-state index is 12.9. The number of H-pyrrole nitrogens is 1. The predicted molar refractivity (Wildman–Crippen MR) is 80.2 cm³/mol. The van der Waals surface area contributed by atoms with Crippen LogP contribution in [0.2, 0.25) is 0 Å². The zero-order valence-electron chi connectivity index (χ0n) is 12.5. The van der Waals surface area contributed by atoms with E-state index in [2.05, 4.69) is 25.3 Å². The third-order valence-electron chi connectivity index (χ3n) is 3.70. The standard InChI is InChI=1S/C15H11F3N6/c1-24-7-9(22-23-24)5-13-20-12-6-19-11-3-2-8(15(16,17)18)4-10(11)14(12)21-13/h2-4,6-7H,5H2,1H3,(H,20,21). The number of benzene rings is 1. The summed E-state index contributed by atoms with van der Waals surface area (Å²) in [4.78, 5) is 11.6. The van der Waals surface area contributed by atoms with E-state index in [1.165, 1.54) is 6.07 Å². The molecule has 24 heavy (non-hydrogen) atoms. The van der Waals surface area contributed by atoms with Crippen molar-refractivity contribution in [3.63, 3.8) is 0 Å².